The predicted molar refractivity (Wildman–Crippen MR) is 58.8 cm³/mol. The molecule has 16 heavy (non-hydrogen) atoms. The van der Waals surface area contributed by atoms with Crippen LogP contribution >= 0.6 is 0 Å². The fourth-order valence-electron chi connectivity index (χ4n) is 1.16. The van der Waals surface area contributed by atoms with E-state index in [1.165, 1.54) is 0 Å². The van der Waals surface area contributed by atoms with Crippen LogP contribution in [0.1, 0.15) is 28.5 Å². The van der Waals surface area contributed by atoms with Crippen LogP contribution in [0.15, 0.2) is 12.2 Å². The van der Waals surface area contributed by atoms with Gasteiger partial charge in [-0.2, -0.15) is 5.10 Å². The molecule has 1 aromatic heterocycles. The molecule has 1 heterocycles. The van der Waals surface area contributed by atoms with Crippen LogP contribution in [0.25, 0.3) is 0 Å². The SMILES string of the molecule is CC=CCOc1nnc(C)c(C)c1C(=O)O. The Kier molecular flexibility index (Phi) is 3.99. The molecule has 0 fully saturated rings. The molecule has 1 aromatic rings. The summed E-state index contributed by atoms with van der Waals surface area (Å²) >= 11 is 0. The lowest BCUT2D eigenvalue weighted by atomic mass is 10.1. The lowest BCUT2D eigenvalue weighted by Crippen LogP contribution is -2.10. The third-order valence-electron chi connectivity index (χ3n) is 2.19. The van der Waals surface area contributed by atoms with Gasteiger partial charge < -0.3 is 9.84 Å². The largest absolute Gasteiger partial charge is 0.477 e. The number of carboxylic acid groups (broad SMARTS) is 1. The van der Waals surface area contributed by atoms with Gasteiger partial charge in [-0.05, 0) is 26.3 Å². The van der Waals surface area contributed by atoms with E-state index >= 15 is 0 Å². The first-order chi connectivity index (χ1) is 7.57. The molecule has 1 N–H and O–H groups in total. The second-order valence-electron chi connectivity index (χ2n) is 3.28. The first-order valence-electron chi connectivity index (χ1n) is 4.89. The van der Waals surface area contributed by atoms with Gasteiger partial charge in [0.1, 0.15) is 12.2 Å². The van der Waals surface area contributed by atoms with Gasteiger partial charge in [0.2, 0.25) is 5.88 Å². The summed E-state index contributed by atoms with van der Waals surface area (Å²) in [6.07, 6.45) is 3.58. The zero-order valence-corrected chi connectivity index (χ0v) is 9.52. The second kappa shape index (κ2) is 5.25. The Morgan fingerprint density at radius 1 is 1.44 bits per heavy atom. The zero-order chi connectivity index (χ0) is 12.1. The number of aromatic carboxylic acids is 1. The molecular formula is C11H14N2O3. The molecule has 0 spiro atoms. The van der Waals surface area contributed by atoms with Crippen molar-refractivity contribution in [2.45, 2.75) is 20.8 Å². The Hall–Kier alpha value is -1.91. The van der Waals surface area contributed by atoms with Gasteiger partial charge in [0.05, 0.1) is 5.69 Å². The molecule has 5 nitrogen and oxygen atoms in total. The van der Waals surface area contributed by atoms with Crippen molar-refractivity contribution in [2.75, 3.05) is 6.61 Å². The lowest BCUT2D eigenvalue weighted by molar-refractivity contribution is 0.0690. The number of hydrogen-bond acceptors (Lipinski definition) is 4. The summed E-state index contributed by atoms with van der Waals surface area (Å²) in [5.74, 6) is -0.986. The van der Waals surface area contributed by atoms with Crippen LogP contribution < -0.4 is 4.74 Å². The minimum Gasteiger partial charge on any atom is -0.477 e. The number of rotatable bonds is 4. The summed E-state index contributed by atoms with van der Waals surface area (Å²) in [6.45, 7) is 5.54. The third-order valence-corrected chi connectivity index (χ3v) is 2.19. The number of aromatic nitrogens is 2. The third kappa shape index (κ3) is 2.56. The average Bonchev–Trinajstić information content (AvgIpc) is 2.23. The van der Waals surface area contributed by atoms with E-state index in [0.717, 1.165) is 0 Å². The highest BCUT2D eigenvalue weighted by Crippen LogP contribution is 2.20. The van der Waals surface area contributed by atoms with E-state index < -0.39 is 5.97 Å². The molecule has 0 amide bonds. The summed E-state index contributed by atoms with van der Waals surface area (Å²) in [4.78, 5) is 11.1. The Labute approximate surface area is 93.8 Å². The molecule has 0 bridgehead atoms. The van der Waals surface area contributed by atoms with Gasteiger partial charge in [0, 0.05) is 0 Å². The van der Waals surface area contributed by atoms with Crippen LogP contribution in [0.2, 0.25) is 0 Å². The standard InChI is InChI=1S/C11H14N2O3/c1-4-5-6-16-10-9(11(14)15)7(2)8(3)12-13-10/h4-5H,6H2,1-3H3,(H,14,15). The van der Waals surface area contributed by atoms with Crippen LogP contribution in [0.5, 0.6) is 5.88 Å². The van der Waals surface area contributed by atoms with Gasteiger partial charge in [-0.1, -0.05) is 12.2 Å². The van der Waals surface area contributed by atoms with Gasteiger partial charge in [0.15, 0.2) is 0 Å². The minimum absolute atomic E-state index is 0.0636. The molecular weight excluding hydrogens is 208 g/mol. The summed E-state index contributed by atoms with van der Waals surface area (Å²) in [6, 6.07) is 0. The Bertz CT molecular complexity index is 427. The number of carboxylic acids is 1. The first kappa shape index (κ1) is 12.2. The van der Waals surface area contributed by atoms with Crippen LogP contribution in [-0.4, -0.2) is 27.9 Å². The van der Waals surface area contributed by atoms with Crippen molar-refractivity contribution < 1.29 is 14.6 Å². The number of ether oxygens (including phenoxy) is 1. The van der Waals surface area contributed by atoms with Gasteiger partial charge in [0.25, 0.3) is 0 Å². The molecule has 0 aromatic carbocycles. The van der Waals surface area contributed by atoms with E-state index in [2.05, 4.69) is 10.2 Å². The molecule has 5 heteroatoms. The summed E-state index contributed by atoms with van der Waals surface area (Å²) in [7, 11) is 0. The molecule has 1 rings (SSSR count). The smallest absolute Gasteiger partial charge is 0.341 e. The van der Waals surface area contributed by atoms with E-state index in [1.807, 2.05) is 13.0 Å². The van der Waals surface area contributed by atoms with Crippen molar-refractivity contribution in [1.82, 2.24) is 10.2 Å². The molecule has 0 aliphatic rings. The highest BCUT2D eigenvalue weighted by atomic mass is 16.5. The van der Waals surface area contributed by atoms with E-state index in [-0.39, 0.29) is 18.1 Å². The Balaban J connectivity index is 3.08. The van der Waals surface area contributed by atoms with E-state index in [4.69, 9.17) is 9.84 Å². The lowest BCUT2D eigenvalue weighted by Gasteiger charge is -2.08. The maximum absolute atomic E-state index is 11.1. The Morgan fingerprint density at radius 2 is 2.12 bits per heavy atom. The van der Waals surface area contributed by atoms with Gasteiger partial charge >= 0.3 is 5.97 Å². The number of hydrogen-bond donors (Lipinski definition) is 1. The van der Waals surface area contributed by atoms with E-state index in [0.29, 0.717) is 11.3 Å². The van der Waals surface area contributed by atoms with Crippen molar-refractivity contribution in [2.24, 2.45) is 0 Å². The van der Waals surface area contributed by atoms with Crippen molar-refractivity contribution in [1.29, 1.82) is 0 Å². The highest BCUT2D eigenvalue weighted by Gasteiger charge is 2.18. The topological polar surface area (TPSA) is 72.3 Å². The van der Waals surface area contributed by atoms with Gasteiger partial charge in [-0.15, -0.1) is 5.10 Å². The quantitative estimate of drug-likeness (QED) is 0.785. The minimum atomic E-state index is -1.05. The number of carbonyl (C=O) groups is 1. The second-order valence-corrected chi connectivity index (χ2v) is 3.28. The molecule has 0 radical (unpaired) electrons. The fourth-order valence-corrected chi connectivity index (χ4v) is 1.16. The number of allylic oxidation sites excluding steroid dienone is 1. The Morgan fingerprint density at radius 3 is 2.69 bits per heavy atom. The molecule has 0 aliphatic heterocycles. The molecule has 0 atom stereocenters. The molecule has 0 saturated heterocycles. The van der Waals surface area contributed by atoms with Gasteiger partial charge in [-0.25, -0.2) is 4.79 Å². The monoisotopic (exact) mass is 222 g/mol. The van der Waals surface area contributed by atoms with Gasteiger partial charge in [-0.3, -0.25) is 0 Å². The molecule has 0 unspecified atom stereocenters. The molecule has 86 valence electrons. The zero-order valence-electron chi connectivity index (χ0n) is 9.52. The first-order valence-corrected chi connectivity index (χ1v) is 4.89. The highest BCUT2D eigenvalue weighted by molar-refractivity contribution is 5.91. The summed E-state index contributed by atoms with van der Waals surface area (Å²) in [5.41, 5.74) is 1.26. The van der Waals surface area contributed by atoms with Crippen molar-refractivity contribution in [3.8, 4) is 5.88 Å². The van der Waals surface area contributed by atoms with Crippen molar-refractivity contribution >= 4 is 5.97 Å². The molecule has 0 aliphatic carbocycles. The predicted octanol–water partition coefficient (Wildman–Crippen LogP) is 1.75. The average molecular weight is 222 g/mol. The maximum atomic E-state index is 11.1. The van der Waals surface area contributed by atoms with Crippen molar-refractivity contribution in [3.05, 3.63) is 29.0 Å². The normalized spacial score (nSPS) is 10.7. The fraction of sp³-hybridized carbons (Fsp3) is 0.364. The number of nitrogens with zero attached hydrogens (tertiary/aromatic N) is 2. The van der Waals surface area contributed by atoms with Crippen LogP contribution in [-0.2, 0) is 0 Å². The van der Waals surface area contributed by atoms with Crippen LogP contribution in [0.4, 0.5) is 0 Å². The summed E-state index contributed by atoms with van der Waals surface area (Å²) < 4.78 is 5.23. The van der Waals surface area contributed by atoms with Crippen LogP contribution in [0, 0.1) is 13.8 Å². The van der Waals surface area contributed by atoms with E-state index in [9.17, 15) is 4.79 Å². The number of aryl methyl sites for hydroxylation is 1. The van der Waals surface area contributed by atoms with Crippen LogP contribution in [0.3, 0.4) is 0 Å². The van der Waals surface area contributed by atoms with E-state index in [1.54, 1.807) is 19.9 Å². The maximum Gasteiger partial charge on any atom is 0.341 e. The van der Waals surface area contributed by atoms with Crippen molar-refractivity contribution in [3.63, 3.8) is 0 Å². The molecule has 0 saturated carbocycles. The summed E-state index contributed by atoms with van der Waals surface area (Å²) in [5, 5.41) is 16.6.